The number of rotatable bonds is 3. The van der Waals surface area contributed by atoms with E-state index in [4.69, 9.17) is 11.6 Å². The lowest BCUT2D eigenvalue weighted by atomic mass is 10.1. The third-order valence-corrected chi connectivity index (χ3v) is 3.70. The van der Waals surface area contributed by atoms with Crippen LogP contribution in [0.1, 0.15) is 27.7 Å². The number of carbonyl (C=O) groups is 1. The van der Waals surface area contributed by atoms with E-state index < -0.39 is 5.82 Å². The van der Waals surface area contributed by atoms with Gasteiger partial charge < -0.3 is 0 Å². The van der Waals surface area contributed by atoms with E-state index in [2.05, 4.69) is 0 Å². The van der Waals surface area contributed by atoms with Gasteiger partial charge in [-0.15, -0.1) is 11.3 Å². The molecule has 17 heavy (non-hydrogen) atoms. The number of halogens is 2. The van der Waals surface area contributed by atoms with Crippen LogP contribution >= 0.6 is 22.9 Å². The summed E-state index contributed by atoms with van der Waals surface area (Å²) >= 11 is 7.00. The molecule has 0 saturated carbocycles. The van der Waals surface area contributed by atoms with Crippen LogP contribution in [-0.2, 0) is 6.42 Å². The molecule has 1 heterocycles. The minimum absolute atomic E-state index is 0.0755. The van der Waals surface area contributed by atoms with Gasteiger partial charge in [0.05, 0.1) is 10.4 Å². The number of benzene rings is 1. The first-order valence-electron chi connectivity index (χ1n) is 5.19. The smallest absolute Gasteiger partial charge is 0.206 e. The maximum Gasteiger partial charge on any atom is 0.206 e. The molecule has 0 N–H and O–H groups in total. The summed E-state index contributed by atoms with van der Waals surface area (Å²) in [5, 5.41) is 2.14. The van der Waals surface area contributed by atoms with Gasteiger partial charge in [-0.05, 0) is 41.6 Å². The number of thiophene rings is 1. The highest BCUT2D eigenvalue weighted by atomic mass is 35.5. The van der Waals surface area contributed by atoms with E-state index in [-0.39, 0.29) is 11.3 Å². The molecule has 0 atom stereocenters. The summed E-state index contributed by atoms with van der Waals surface area (Å²) in [6.45, 7) is 1.97. The van der Waals surface area contributed by atoms with E-state index in [0.29, 0.717) is 9.90 Å². The summed E-state index contributed by atoms with van der Waals surface area (Å²) in [7, 11) is 0. The molecule has 4 heteroatoms. The van der Waals surface area contributed by atoms with Crippen LogP contribution < -0.4 is 0 Å². The quantitative estimate of drug-likeness (QED) is 0.757. The molecule has 88 valence electrons. The van der Waals surface area contributed by atoms with Crippen LogP contribution in [0.15, 0.2) is 29.6 Å². The lowest BCUT2D eigenvalue weighted by Crippen LogP contribution is -2.04. The highest BCUT2D eigenvalue weighted by Crippen LogP contribution is 2.24. The first-order valence-corrected chi connectivity index (χ1v) is 6.45. The van der Waals surface area contributed by atoms with Crippen LogP contribution in [0.5, 0.6) is 0 Å². The first kappa shape index (κ1) is 12.3. The molecule has 0 spiro atoms. The van der Waals surface area contributed by atoms with E-state index >= 15 is 0 Å². The van der Waals surface area contributed by atoms with Crippen molar-refractivity contribution >= 4 is 28.7 Å². The van der Waals surface area contributed by atoms with Gasteiger partial charge in [-0.3, -0.25) is 4.79 Å². The normalized spacial score (nSPS) is 10.5. The Hall–Kier alpha value is -1.19. The van der Waals surface area contributed by atoms with Gasteiger partial charge in [0.2, 0.25) is 5.78 Å². The SMILES string of the molecule is CCc1ccsc1C(=O)c1ccc(Cl)cc1F. The lowest BCUT2D eigenvalue weighted by molar-refractivity contribution is 0.103. The molecule has 0 bridgehead atoms. The van der Waals surface area contributed by atoms with Gasteiger partial charge in [0, 0.05) is 5.02 Å². The topological polar surface area (TPSA) is 17.1 Å². The molecule has 1 aromatic carbocycles. The van der Waals surface area contributed by atoms with Gasteiger partial charge in [0.25, 0.3) is 0 Å². The Kier molecular flexibility index (Phi) is 3.60. The van der Waals surface area contributed by atoms with Gasteiger partial charge in [-0.25, -0.2) is 4.39 Å². The van der Waals surface area contributed by atoms with Crippen molar-refractivity contribution in [2.45, 2.75) is 13.3 Å². The number of ketones is 1. The molecule has 1 nitrogen and oxygen atoms in total. The molecule has 0 fully saturated rings. The third-order valence-electron chi connectivity index (χ3n) is 2.51. The average Bonchev–Trinajstić information content (AvgIpc) is 2.76. The van der Waals surface area contributed by atoms with Gasteiger partial charge in [0.15, 0.2) is 0 Å². The molecule has 0 aliphatic heterocycles. The zero-order valence-electron chi connectivity index (χ0n) is 9.17. The second kappa shape index (κ2) is 4.98. The third kappa shape index (κ3) is 2.40. The second-order valence-corrected chi connectivity index (χ2v) is 4.93. The number of aryl methyl sites for hydroxylation is 1. The number of hydrogen-bond donors (Lipinski definition) is 0. The highest BCUT2D eigenvalue weighted by Gasteiger charge is 2.17. The van der Waals surface area contributed by atoms with Gasteiger partial charge in [-0.2, -0.15) is 0 Å². The van der Waals surface area contributed by atoms with E-state index in [9.17, 15) is 9.18 Å². The zero-order chi connectivity index (χ0) is 12.4. The molecule has 0 radical (unpaired) electrons. The van der Waals surface area contributed by atoms with Crippen molar-refractivity contribution in [3.8, 4) is 0 Å². The van der Waals surface area contributed by atoms with Gasteiger partial charge in [0.1, 0.15) is 5.82 Å². The number of hydrogen-bond acceptors (Lipinski definition) is 2. The average molecular weight is 269 g/mol. The van der Waals surface area contributed by atoms with E-state index in [1.807, 2.05) is 18.4 Å². The summed E-state index contributed by atoms with van der Waals surface area (Å²) in [5.74, 6) is -0.844. The van der Waals surface area contributed by atoms with Crippen LogP contribution in [0.2, 0.25) is 5.02 Å². The molecule has 1 aromatic heterocycles. The van der Waals surface area contributed by atoms with E-state index in [1.165, 1.54) is 23.5 Å². The predicted octanol–water partition coefficient (Wildman–Crippen LogP) is 4.33. The summed E-state index contributed by atoms with van der Waals surface area (Å²) < 4.78 is 13.6. The Morgan fingerprint density at radius 3 is 2.82 bits per heavy atom. The van der Waals surface area contributed by atoms with Crippen molar-refractivity contribution < 1.29 is 9.18 Å². The largest absolute Gasteiger partial charge is 0.288 e. The molecule has 0 amide bonds. The van der Waals surface area contributed by atoms with Crippen LogP contribution in [0.25, 0.3) is 0 Å². The minimum Gasteiger partial charge on any atom is -0.288 e. The van der Waals surface area contributed by atoms with Crippen molar-refractivity contribution in [2.24, 2.45) is 0 Å². The fourth-order valence-corrected chi connectivity index (χ4v) is 2.72. The summed E-state index contributed by atoms with van der Waals surface area (Å²) in [5.41, 5.74) is 1.03. The molecule has 2 rings (SSSR count). The number of carbonyl (C=O) groups excluding carboxylic acids is 1. The van der Waals surface area contributed by atoms with Crippen LogP contribution in [0, 0.1) is 5.82 Å². The molecule has 0 unspecified atom stereocenters. The minimum atomic E-state index is -0.571. The predicted molar refractivity (Wildman–Crippen MR) is 68.5 cm³/mol. The molecule has 0 aliphatic rings. The first-order chi connectivity index (χ1) is 8.13. The lowest BCUT2D eigenvalue weighted by Gasteiger charge is -2.03. The second-order valence-electron chi connectivity index (χ2n) is 3.58. The van der Waals surface area contributed by atoms with Crippen molar-refractivity contribution in [1.82, 2.24) is 0 Å². The fraction of sp³-hybridized carbons (Fsp3) is 0.154. The molecular weight excluding hydrogens is 259 g/mol. The van der Waals surface area contributed by atoms with E-state index in [0.717, 1.165) is 18.1 Å². The van der Waals surface area contributed by atoms with Crippen LogP contribution in [0.4, 0.5) is 4.39 Å². The van der Waals surface area contributed by atoms with Crippen molar-refractivity contribution in [1.29, 1.82) is 0 Å². The maximum atomic E-state index is 13.6. The Labute approximate surface area is 108 Å². The Morgan fingerprint density at radius 2 is 2.18 bits per heavy atom. The highest BCUT2D eigenvalue weighted by molar-refractivity contribution is 7.12. The zero-order valence-corrected chi connectivity index (χ0v) is 10.7. The molecule has 2 aromatic rings. The van der Waals surface area contributed by atoms with Crippen LogP contribution in [0.3, 0.4) is 0 Å². The van der Waals surface area contributed by atoms with Gasteiger partial charge in [-0.1, -0.05) is 18.5 Å². The Morgan fingerprint density at radius 1 is 1.41 bits per heavy atom. The molecule has 0 aliphatic carbocycles. The molecule has 0 saturated heterocycles. The maximum absolute atomic E-state index is 13.6. The summed E-state index contributed by atoms with van der Waals surface area (Å²) in [4.78, 5) is 12.8. The fourth-order valence-electron chi connectivity index (χ4n) is 1.61. The van der Waals surface area contributed by atoms with Crippen molar-refractivity contribution in [2.75, 3.05) is 0 Å². The molecular formula is C13H10ClFOS. The van der Waals surface area contributed by atoms with Crippen molar-refractivity contribution in [3.63, 3.8) is 0 Å². The monoisotopic (exact) mass is 268 g/mol. The van der Waals surface area contributed by atoms with Crippen molar-refractivity contribution in [3.05, 3.63) is 56.5 Å². The van der Waals surface area contributed by atoms with E-state index in [1.54, 1.807) is 0 Å². The summed E-state index contributed by atoms with van der Waals surface area (Å²) in [6.07, 6.45) is 0.764. The standard InChI is InChI=1S/C13H10ClFOS/c1-2-8-5-6-17-13(8)12(16)10-4-3-9(14)7-11(10)15/h3-7H,2H2,1H3. The summed E-state index contributed by atoms with van der Waals surface area (Å²) in [6, 6.07) is 6.01. The van der Waals surface area contributed by atoms with Crippen LogP contribution in [-0.4, -0.2) is 5.78 Å². The Bertz CT molecular complexity index is 562. The van der Waals surface area contributed by atoms with Gasteiger partial charge >= 0.3 is 0 Å². The Balaban J connectivity index is 2.44.